The van der Waals surface area contributed by atoms with Crippen molar-refractivity contribution in [3.8, 4) is 0 Å². The van der Waals surface area contributed by atoms with Gasteiger partial charge in [-0.1, -0.05) is 5.16 Å². The van der Waals surface area contributed by atoms with E-state index in [1.54, 1.807) is 18.3 Å². The van der Waals surface area contributed by atoms with Crippen molar-refractivity contribution in [2.75, 3.05) is 0 Å². The molecule has 0 spiro atoms. The second-order valence-corrected chi connectivity index (χ2v) is 3.14. The van der Waals surface area contributed by atoms with Crippen LogP contribution < -0.4 is 0 Å². The number of carboxylic acid groups (broad SMARTS) is 1. The van der Waals surface area contributed by atoms with E-state index >= 15 is 0 Å². The Hall–Kier alpha value is -2.30. The van der Waals surface area contributed by atoms with Gasteiger partial charge < -0.3 is 14.0 Å². The number of benzene rings is 1. The Kier molecular flexibility index (Phi) is 1.39. The zero-order valence-electron chi connectivity index (χ0n) is 7.43. The van der Waals surface area contributed by atoms with Gasteiger partial charge in [-0.3, -0.25) is 0 Å². The average Bonchev–Trinajstić information content (AvgIpc) is 2.82. The highest BCUT2D eigenvalue weighted by Gasteiger charge is 2.14. The van der Waals surface area contributed by atoms with Gasteiger partial charge in [-0.15, -0.1) is 0 Å². The van der Waals surface area contributed by atoms with Crippen molar-refractivity contribution in [1.82, 2.24) is 5.16 Å². The topological polar surface area (TPSA) is 76.5 Å². The number of aromatic carboxylic acids is 1. The molecule has 0 saturated carbocycles. The molecule has 0 aliphatic carbocycles. The van der Waals surface area contributed by atoms with Crippen LogP contribution in [0.4, 0.5) is 0 Å². The summed E-state index contributed by atoms with van der Waals surface area (Å²) in [6.07, 6.45) is 1.57. The van der Waals surface area contributed by atoms with Gasteiger partial charge in [0.25, 0.3) is 0 Å². The first kappa shape index (κ1) is 8.05. The number of rotatable bonds is 1. The maximum absolute atomic E-state index is 10.7. The monoisotopic (exact) mass is 203 g/mol. The fourth-order valence-electron chi connectivity index (χ4n) is 1.55. The van der Waals surface area contributed by atoms with Crippen LogP contribution in [0.3, 0.4) is 0 Å². The molecule has 0 atom stereocenters. The van der Waals surface area contributed by atoms with Gasteiger partial charge in [0.05, 0.1) is 11.6 Å². The molecule has 3 rings (SSSR count). The largest absolute Gasteiger partial charge is 0.475 e. The van der Waals surface area contributed by atoms with Crippen molar-refractivity contribution in [1.29, 1.82) is 0 Å². The highest BCUT2D eigenvalue weighted by molar-refractivity contribution is 6.04. The van der Waals surface area contributed by atoms with Crippen LogP contribution in [-0.4, -0.2) is 16.2 Å². The van der Waals surface area contributed by atoms with Crippen molar-refractivity contribution in [3.05, 3.63) is 30.2 Å². The Labute approximate surface area is 82.9 Å². The van der Waals surface area contributed by atoms with E-state index in [2.05, 4.69) is 5.16 Å². The maximum Gasteiger partial charge on any atom is 0.371 e. The van der Waals surface area contributed by atoms with Crippen LogP contribution in [0.2, 0.25) is 0 Å². The average molecular weight is 203 g/mol. The number of nitrogens with zero attached hydrogens (tertiary/aromatic N) is 1. The third-order valence-electron chi connectivity index (χ3n) is 2.23. The Morgan fingerprint density at radius 1 is 1.40 bits per heavy atom. The van der Waals surface area contributed by atoms with E-state index in [-0.39, 0.29) is 5.76 Å². The van der Waals surface area contributed by atoms with Gasteiger partial charge in [0.15, 0.2) is 5.58 Å². The lowest BCUT2D eigenvalue weighted by molar-refractivity contribution is 0.0665. The van der Waals surface area contributed by atoms with E-state index in [0.29, 0.717) is 16.6 Å². The minimum Gasteiger partial charge on any atom is -0.475 e. The number of carboxylic acids is 1. The van der Waals surface area contributed by atoms with Gasteiger partial charge in [0.2, 0.25) is 5.76 Å². The molecule has 0 aliphatic heterocycles. The lowest BCUT2D eigenvalue weighted by Crippen LogP contribution is -1.91. The third kappa shape index (κ3) is 1.03. The SMILES string of the molecule is O=C(O)c1cc2c(ccc3cnoc32)o1. The molecule has 3 aromatic rings. The molecule has 0 amide bonds. The molecule has 74 valence electrons. The van der Waals surface area contributed by atoms with Crippen LogP contribution in [-0.2, 0) is 0 Å². The lowest BCUT2D eigenvalue weighted by atomic mass is 10.2. The first-order valence-electron chi connectivity index (χ1n) is 4.26. The highest BCUT2D eigenvalue weighted by atomic mass is 16.5. The van der Waals surface area contributed by atoms with E-state index in [0.717, 1.165) is 5.39 Å². The summed E-state index contributed by atoms with van der Waals surface area (Å²) in [7, 11) is 0. The van der Waals surface area contributed by atoms with Gasteiger partial charge >= 0.3 is 5.97 Å². The summed E-state index contributed by atoms with van der Waals surface area (Å²) >= 11 is 0. The van der Waals surface area contributed by atoms with Gasteiger partial charge in [-0.25, -0.2) is 4.79 Å². The molecular weight excluding hydrogens is 198 g/mol. The molecule has 0 aliphatic rings. The summed E-state index contributed by atoms with van der Waals surface area (Å²) in [5.41, 5.74) is 1.03. The minimum atomic E-state index is -1.10. The van der Waals surface area contributed by atoms with Crippen molar-refractivity contribution < 1.29 is 18.8 Å². The van der Waals surface area contributed by atoms with Gasteiger partial charge in [0, 0.05) is 11.5 Å². The molecule has 5 heteroatoms. The summed E-state index contributed by atoms with van der Waals surface area (Å²) in [5, 5.41) is 13.9. The molecule has 0 bridgehead atoms. The second-order valence-electron chi connectivity index (χ2n) is 3.14. The molecule has 2 aromatic heterocycles. The summed E-state index contributed by atoms with van der Waals surface area (Å²) in [6, 6.07) is 4.90. The fourth-order valence-corrected chi connectivity index (χ4v) is 1.55. The smallest absolute Gasteiger partial charge is 0.371 e. The van der Waals surface area contributed by atoms with Crippen molar-refractivity contribution >= 4 is 27.9 Å². The van der Waals surface area contributed by atoms with Crippen LogP contribution >= 0.6 is 0 Å². The minimum absolute atomic E-state index is 0.103. The van der Waals surface area contributed by atoms with Gasteiger partial charge in [-0.05, 0) is 12.1 Å². The predicted molar refractivity (Wildman–Crippen MR) is 50.7 cm³/mol. The first-order chi connectivity index (χ1) is 7.25. The fraction of sp³-hybridized carbons (Fsp3) is 0. The van der Waals surface area contributed by atoms with Crippen LogP contribution in [0, 0.1) is 0 Å². The molecule has 0 radical (unpaired) electrons. The van der Waals surface area contributed by atoms with Crippen LogP contribution in [0.25, 0.3) is 21.9 Å². The highest BCUT2D eigenvalue weighted by Crippen LogP contribution is 2.27. The van der Waals surface area contributed by atoms with Crippen molar-refractivity contribution in [2.24, 2.45) is 0 Å². The number of hydrogen-bond donors (Lipinski definition) is 1. The van der Waals surface area contributed by atoms with Gasteiger partial charge in [-0.2, -0.15) is 0 Å². The summed E-state index contributed by atoms with van der Waals surface area (Å²) in [5.74, 6) is -1.20. The maximum atomic E-state index is 10.7. The quantitative estimate of drug-likeness (QED) is 0.656. The van der Waals surface area contributed by atoms with E-state index in [4.69, 9.17) is 14.0 Å². The molecule has 15 heavy (non-hydrogen) atoms. The van der Waals surface area contributed by atoms with Crippen molar-refractivity contribution in [3.63, 3.8) is 0 Å². The molecular formula is C10H5NO4. The normalized spacial score (nSPS) is 11.2. The standard InChI is InChI=1S/C10H5NO4/c12-10(13)8-3-6-7(14-8)2-1-5-4-11-15-9(5)6/h1-4H,(H,12,13). The van der Waals surface area contributed by atoms with Crippen molar-refractivity contribution in [2.45, 2.75) is 0 Å². The van der Waals surface area contributed by atoms with Crippen LogP contribution in [0.1, 0.15) is 10.6 Å². The molecule has 2 heterocycles. The Morgan fingerprint density at radius 3 is 3.07 bits per heavy atom. The van der Waals surface area contributed by atoms with Crippen LogP contribution in [0.15, 0.2) is 33.3 Å². The number of furan rings is 1. The Morgan fingerprint density at radius 2 is 2.27 bits per heavy atom. The zero-order valence-corrected chi connectivity index (χ0v) is 7.43. The molecule has 0 saturated heterocycles. The second kappa shape index (κ2) is 2.60. The number of hydrogen-bond acceptors (Lipinski definition) is 4. The van der Waals surface area contributed by atoms with Crippen LogP contribution in [0.5, 0.6) is 0 Å². The van der Waals surface area contributed by atoms with E-state index in [1.807, 2.05) is 0 Å². The lowest BCUT2D eigenvalue weighted by Gasteiger charge is -1.86. The predicted octanol–water partition coefficient (Wildman–Crippen LogP) is 2.27. The van der Waals surface area contributed by atoms with E-state index in [9.17, 15) is 4.79 Å². The summed E-state index contributed by atoms with van der Waals surface area (Å²) < 4.78 is 10.1. The molecule has 5 nitrogen and oxygen atoms in total. The Bertz CT molecular complexity index is 664. The Balaban J connectivity index is 2.46. The number of aromatic nitrogens is 1. The van der Waals surface area contributed by atoms with E-state index < -0.39 is 5.97 Å². The zero-order chi connectivity index (χ0) is 10.4. The first-order valence-corrected chi connectivity index (χ1v) is 4.26. The molecule has 1 N–H and O–H groups in total. The van der Waals surface area contributed by atoms with E-state index in [1.165, 1.54) is 6.07 Å². The number of carbonyl (C=O) groups is 1. The molecule has 0 unspecified atom stereocenters. The number of fused-ring (bicyclic) bond motifs is 3. The van der Waals surface area contributed by atoms with Gasteiger partial charge in [0.1, 0.15) is 5.58 Å². The third-order valence-corrected chi connectivity index (χ3v) is 2.23. The molecule has 0 fully saturated rings. The summed E-state index contributed by atoms with van der Waals surface area (Å²) in [6.45, 7) is 0. The summed E-state index contributed by atoms with van der Waals surface area (Å²) in [4.78, 5) is 10.7. The molecule has 1 aromatic carbocycles.